The largest absolute Gasteiger partial charge is 0.573 e. The second-order valence-electron chi connectivity index (χ2n) is 6.96. The molecular weight excluding hydrogens is 389 g/mol. The Morgan fingerprint density at radius 1 is 1.10 bits per heavy atom. The van der Waals surface area contributed by atoms with Crippen LogP contribution in [-0.2, 0) is 17.9 Å². The van der Waals surface area contributed by atoms with Crippen LogP contribution in [0.25, 0.3) is 0 Å². The van der Waals surface area contributed by atoms with Crippen molar-refractivity contribution in [3.05, 3.63) is 53.9 Å². The predicted molar refractivity (Wildman–Crippen MR) is 97.8 cm³/mol. The number of rotatable bonds is 5. The molecular formula is C19H19F3N4O3. The second kappa shape index (κ2) is 7.36. The molecule has 0 radical (unpaired) electrons. The molecule has 1 aromatic heterocycles. The summed E-state index contributed by atoms with van der Waals surface area (Å²) in [5.41, 5.74) is 6.21. The van der Waals surface area contributed by atoms with Crippen LogP contribution in [0, 0.1) is 0 Å². The fourth-order valence-electron chi connectivity index (χ4n) is 3.09. The number of carbonyl (C=O) groups excluding carboxylic acids is 2. The van der Waals surface area contributed by atoms with Crippen LogP contribution in [0.15, 0.2) is 42.7 Å². The zero-order valence-electron chi connectivity index (χ0n) is 15.7. The summed E-state index contributed by atoms with van der Waals surface area (Å²) >= 11 is 0. The molecule has 0 aliphatic carbocycles. The Hall–Kier alpha value is -3.14. The molecule has 10 heteroatoms. The first kappa shape index (κ1) is 20.6. The zero-order valence-corrected chi connectivity index (χ0v) is 15.7. The third-order valence-corrected chi connectivity index (χ3v) is 4.70. The van der Waals surface area contributed by atoms with Crippen LogP contribution in [0.4, 0.5) is 23.7 Å². The molecule has 1 aliphatic rings. The van der Waals surface area contributed by atoms with Crippen molar-refractivity contribution in [1.82, 2.24) is 9.88 Å². The maximum Gasteiger partial charge on any atom is 0.573 e. The molecule has 3 amide bonds. The highest BCUT2D eigenvalue weighted by molar-refractivity contribution is 6.22. The fourth-order valence-corrected chi connectivity index (χ4v) is 3.09. The van der Waals surface area contributed by atoms with Crippen molar-refractivity contribution >= 4 is 17.6 Å². The van der Waals surface area contributed by atoms with Crippen molar-refractivity contribution in [2.45, 2.75) is 38.8 Å². The van der Waals surface area contributed by atoms with Gasteiger partial charge in [0, 0.05) is 25.5 Å². The molecule has 2 aromatic rings. The van der Waals surface area contributed by atoms with E-state index in [4.69, 9.17) is 5.73 Å². The lowest BCUT2D eigenvalue weighted by molar-refractivity contribution is -0.274. The van der Waals surface area contributed by atoms with E-state index in [0.29, 0.717) is 0 Å². The third kappa shape index (κ3) is 4.02. The van der Waals surface area contributed by atoms with Gasteiger partial charge >= 0.3 is 12.4 Å². The van der Waals surface area contributed by atoms with Crippen molar-refractivity contribution in [2.75, 3.05) is 4.90 Å². The first-order valence-corrected chi connectivity index (χ1v) is 8.68. The van der Waals surface area contributed by atoms with Crippen LogP contribution in [0.2, 0.25) is 0 Å². The monoisotopic (exact) mass is 408 g/mol. The van der Waals surface area contributed by atoms with Gasteiger partial charge in [-0.1, -0.05) is 0 Å². The van der Waals surface area contributed by atoms with Gasteiger partial charge in [-0.15, -0.1) is 13.2 Å². The highest BCUT2D eigenvalue weighted by Crippen LogP contribution is 2.34. The molecule has 1 saturated heterocycles. The van der Waals surface area contributed by atoms with Gasteiger partial charge in [-0.2, -0.15) is 0 Å². The van der Waals surface area contributed by atoms with E-state index in [1.54, 1.807) is 32.3 Å². The Labute approximate surface area is 164 Å². The highest BCUT2D eigenvalue weighted by atomic mass is 19.4. The number of hydrogen-bond acceptors (Lipinski definition) is 5. The molecule has 2 N–H and O–H groups in total. The number of alkyl halides is 3. The number of carbonyl (C=O) groups is 2. The smallest absolute Gasteiger partial charge is 0.406 e. The number of halogens is 3. The first-order chi connectivity index (χ1) is 13.5. The minimum atomic E-state index is -4.83. The van der Waals surface area contributed by atoms with Crippen LogP contribution < -0.4 is 15.4 Å². The molecule has 1 aliphatic heterocycles. The second-order valence-corrected chi connectivity index (χ2v) is 6.96. The van der Waals surface area contributed by atoms with Gasteiger partial charge in [-0.3, -0.25) is 9.78 Å². The highest BCUT2D eigenvalue weighted by Gasteiger charge is 2.51. The lowest BCUT2D eigenvalue weighted by atomic mass is 10.0. The molecule has 0 saturated carbocycles. The Kier molecular flexibility index (Phi) is 5.22. The molecule has 3 rings (SSSR count). The van der Waals surface area contributed by atoms with E-state index < -0.39 is 29.6 Å². The van der Waals surface area contributed by atoms with Gasteiger partial charge in [0.25, 0.3) is 5.91 Å². The SMILES string of the molecule is CC1(C)C(=O)N(c2ccc(OC(F)(F)F)cc2)C(=O)N1Cc1ccncc1CN. The Morgan fingerprint density at radius 2 is 1.76 bits per heavy atom. The van der Waals surface area contributed by atoms with Gasteiger partial charge in [-0.05, 0) is 55.3 Å². The van der Waals surface area contributed by atoms with Crippen molar-refractivity contribution in [2.24, 2.45) is 5.73 Å². The summed E-state index contributed by atoms with van der Waals surface area (Å²) in [4.78, 5) is 32.3. The van der Waals surface area contributed by atoms with Gasteiger partial charge in [0.2, 0.25) is 0 Å². The standard InChI is InChI=1S/C19H19F3N4O3/c1-18(2)16(27)26(14-3-5-15(6-4-14)29-19(20,21)22)17(28)25(18)11-12-7-8-24-10-13(12)9-23/h3-8,10H,9,11,23H2,1-2H3. The maximum atomic E-state index is 13.0. The van der Waals surface area contributed by atoms with Crippen molar-refractivity contribution < 1.29 is 27.5 Å². The third-order valence-electron chi connectivity index (χ3n) is 4.70. The van der Waals surface area contributed by atoms with E-state index in [0.717, 1.165) is 28.2 Å². The first-order valence-electron chi connectivity index (χ1n) is 8.68. The summed E-state index contributed by atoms with van der Waals surface area (Å²) in [5, 5.41) is 0. The normalized spacial score (nSPS) is 16.5. The van der Waals surface area contributed by atoms with E-state index in [1.165, 1.54) is 17.0 Å². The van der Waals surface area contributed by atoms with Crippen LogP contribution in [0.5, 0.6) is 5.75 Å². The molecule has 154 valence electrons. The van der Waals surface area contributed by atoms with E-state index in [1.807, 2.05) is 0 Å². The maximum absolute atomic E-state index is 13.0. The van der Waals surface area contributed by atoms with E-state index >= 15 is 0 Å². The van der Waals surface area contributed by atoms with Gasteiger partial charge in [0.05, 0.1) is 5.69 Å². The minimum absolute atomic E-state index is 0.137. The Balaban J connectivity index is 1.88. The van der Waals surface area contributed by atoms with Crippen LogP contribution in [0.3, 0.4) is 0 Å². The number of pyridine rings is 1. The molecule has 29 heavy (non-hydrogen) atoms. The number of imide groups is 1. The summed E-state index contributed by atoms with van der Waals surface area (Å²) in [6.45, 7) is 3.58. The molecule has 1 fully saturated rings. The average Bonchev–Trinajstić information content (AvgIpc) is 2.81. The predicted octanol–water partition coefficient (Wildman–Crippen LogP) is 3.19. The lowest BCUT2D eigenvalue weighted by Gasteiger charge is -2.28. The summed E-state index contributed by atoms with van der Waals surface area (Å²) < 4.78 is 40.8. The summed E-state index contributed by atoms with van der Waals surface area (Å²) in [7, 11) is 0. The number of amides is 3. The number of benzene rings is 1. The number of anilines is 1. The number of nitrogens with zero attached hydrogens (tertiary/aromatic N) is 3. The molecule has 0 bridgehead atoms. The van der Waals surface area contributed by atoms with Gasteiger partial charge < -0.3 is 15.4 Å². The zero-order chi connectivity index (χ0) is 21.4. The molecule has 0 unspecified atom stereocenters. The number of nitrogens with two attached hydrogens (primary N) is 1. The number of ether oxygens (including phenoxy) is 1. The molecule has 0 atom stereocenters. The van der Waals surface area contributed by atoms with E-state index in [2.05, 4.69) is 9.72 Å². The van der Waals surface area contributed by atoms with Gasteiger partial charge in [0.1, 0.15) is 11.3 Å². The van der Waals surface area contributed by atoms with Crippen LogP contribution in [-0.4, -0.2) is 33.7 Å². The molecule has 0 spiro atoms. The molecule has 1 aromatic carbocycles. The topological polar surface area (TPSA) is 88.8 Å². The fraction of sp³-hybridized carbons (Fsp3) is 0.316. The quantitative estimate of drug-likeness (QED) is 0.768. The lowest BCUT2D eigenvalue weighted by Crippen LogP contribution is -2.43. The van der Waals surface area contributed by atoms with Crippen LogP contribution in [0.1, 0.15) is 25.0 Å². The molecule has 7 nitrogen and oxygen atoms in total. The van der Waals surface area contributed by atoms with E-state index in [9.17, 15) is 22.8 Å². The van der Waals surface area contributed by atoms with Crippen molar-refractivity contribution in [3.8, 4) is 5.75 Å². The average molecular weight is 408 g/mol. The van der Waals surface area contributed by atoms with Gasteiger partial charge in [0.15, 0.2) is 0 Å². The van der Waals surface area contributed by atoms with Gasteiger partial charge in [-0.25, -0.2) is 9.69 Å². The summed E-state index contributed by atoms with van der Waals surface area (Å²) in [6, 6.07) is 5.71. The minimum Gasteiger partial charge on any atom is -0.406 e. The van der Waals surface area contributed by atoms with Crippen LogP contribution >= 0.6 is 0 Å². The number of urea groups is 1. The Bertz CT molecular complexity index is 929. The summed E-state index contributed by atoms with van der Waals surface area (Å²) in [5.74, 6) is -0.934. The van der Waals surface area contributed by atoms with Crippen molar-refractivity contribution in [1.29, 1.82) is 0 Å². The van der Waals surface area contributed by atoms with Crippen molar-refractivity contribution in [3.63, 3.8) is 0 Å². The number of aromatic nitrogens is 1. The van der Waals surface area contributed by atoms with E-state index in [-0.39, 0.29) is 18.8 Å². The Morgan fingerprint density at radius 3 is 2.34 bits per heavy atom. The summed E-state index contributed by atoms with van der Waals surface area (Å²) in [6.07, 6.45) is -1.66. The molecule has 2 heterocycles. The number of hydrogen-bond donors (Lipinski definition) is 1.